The SMILES string of the molecule is C=CN(C(=O)[C@@H](Cc1ccc(-c2ccccc2)cc1)N(C)C(=O)/C=C/CC1(N)CCC1)[C@H](Cc1ccccc1)C(=O)NCCc1ccccc1. The number of carbonyl (C=O) groups excluding carboxylic acids is 3. The van der Waals surface area contributed by atoms with Crippen molar-refractivity contribution in [1.82, 2.24) is 15.1 Å². The number of nitrogens with one attached hydrogen (secondary N) is 1. The molecule has 0 saturated heterocycles. The quantitative estimate of drug-likeness (QED) is 0.134. The molecule has 1 aliphatic rings. The summed E-state index contributed by atoms with van der Waals surface area (Å²) in [7, 11) is 1.64. The largest absolute Gasteiger partial charge is 0.354 e. The van der Waals surface area contributed by atoms with Gasteiger partial charge in [0, 0.05) is 38.2 Å². The third kappa shape index (κ3) is 9.67. The van der Waals surface area contributed by atoms with E-state index in [1.165, 1.54) is 22.1 Å². The molecule has 0 unspecified atom stereocenters. The summed E-state index contributed by atoms with van der Waals surface area (Å²) in [5, 5.41) is 3.05. The molecule has 4 aromatic rings. The van der Waals surface area contributed by atoms with Gasteiger partial charge in [0.1, 0.15) is 12.1 Å². The van der Waals surface area contributed by atoms with Gasteiger partial charge in [-0.2, -0.15) is 0 Å². The third-order valence-electron chi connectivity index (χ3n) is 9.64. The number of hydrogen-bond acceptors (Lipinski definition) is 4. The highest BCUT2D eigenvalue weighted by Crippen LogP contribution is 2.32. The first-order valence-corrected chi connectivity index (χ1v) is 17.4. The Morgan fingerprint density at radius 3 is 1.90 bits per heavy atom. The molecule has 2 atom stereocenters. The Bertz CT molecular complexity index is 1740. The summed E-state index contributed by atoms with van der Waals surface area (Å²) >= 11 is 0. The van der Waals surface area contributed by atoms with Crippen LogP contribution in [0, 0.1) is 0 Å². The number of rotatable bonds is 16. The fraction of sp³-hybridized carbons (Fsp3) is 0.279. The van der Waals surface area contributed by atoms with Crippen molar-refractivity contribution in [3.8, 4) is 11.1 Å². The van der Waals surface area contributed by atoms with Gasteiger partial charge < -0.3 is 20.9 Å². The fourth-order valence-electron chi connectivity index (χ4n) is 6.37. The molecule has 0 bridgehead atoms. The Morgan fingerprint density at radius 1 is 0.780 bits per heavy atom. The maximum atomic E-state index is 14.7. The summed E-state index contributed by atoms with van der Waals surface area (Å²) in [6, 6.07) is 35.9. The van der Waals surface area contributed by atoms with E-state index in [0.717, 1.165) is 47.1 Å². The van der Waals surface area contributed by atoms with Gasteiger partial charge >= 0.3 is 0 Å². The van der Waals surface area contributed by atoms with E-state index in [9.17, 15) is 14.4 Å². The molecular weight excluding hydrogens is 620 g/mol. The highest BCUT2D eigenvalue weighted by atomic mass is 16.2. The second-order valence-electron chi connectivity index (χ2n) is 13.2. The van der Waals surface area contributed by atoms with Crippen LogP contribution in [0.15, 0.2) is 140 Å². The highest BCUT2D eigenvalue weighted by molar-refractivity contribution is 5.95. The lowest BCUT2D eigenvalue weighted by molar-refractivity contribution is -0.144. The van der Waals surface area contributed by atoms with Crippen LogP contribution in [0.3, 0.4) is 0 Å². The van der Waals surface area contributed by atoms with E-state index < -0.39 is 12.1 Å². The monoisotopic (exact) mass is 668 g/mol. The number of benzene rings is 4. The zero-order valence-corrected chi connectivity index (χ0v) is 28.9. The summed E-state index contributed by atoms with van der Waals surface area (Å²) < 4.78 is 0. The van der Waals surface area contributed by atoms with Crippen molar-refractivity contribution >= 4 is 17.7 Å². The molecule has 1 aliphatic carbocycles. The van der Waals surface area contributed by atoms with Crippen LogP contribution in [0.2, 0.25) is 0 Å². The zero-order valence-electron chi connectivity index (χ0n) is 28.9. The van der Waals surface area contributed by atoms with Crippen molar-refractivity contribution in [1.29, 1.82) is 0 Å². The van der Waals surface area contributed by atoms with Crippen molar-refractivity contribution in [2.24, 2.45) is 5.73 Å². The van der Waals surface area contributed by atoms with E-state index in [2.05, 4.69) is 24.0 Å². The van der Waals surface area contributed by atoms with Crippen LogP contribution >= 0.6 is 0 Å². The van der Waals surface area contributed by atoms with Crippen molar-refractivity contribution in [3.05, 3.63) is 157 Å². The normalized spacial score (nSPS) is 14.6. The first-order chi connectivity index (χ1) is 24.3. The lowest BCUT2D eigenvalue weighted by Gasteiger charge is -2.37. The second kappa shape index (κ2) is 17.4. The van der Waals surface area contributed by atoms with Crippen LogP contribution in [0.5, 0.6) is 0 Å². The Kier molecular flexibility index (Phi) is 12.5. The summed E-state index contributed by atoms with van der Waals surface area (Å²) in [6.45, 7) is 4.39. The molecule has 7 nitrogen and oxygen atoms in total. The van der Waals surface area contributed by atoms with E-state index in [1.807, 2.05) is 109 Å². The van der Waals surface area contributed by atoms with E-state index in [4.69, 9.17) is 5.73 Å². The summed E-state index contributed by atoms with van der Waals surface area (Å²) in [5.41, 5.74) is 11.2. The molecule has 0 heterocycles. The zero-order chi connectivity index (χ0) is 35.3. The lowest BCUT2D eigenvalue weighted by Crippen LogP contribution is -2.55. The van der Waals surface area contributed by atoms with Crippen molar-refractivity contribution in [2.45, 2.75) is 62.6 Å². The Morgan fingerprint density at radius 2 is 1.32 bits per heavy atom. The van der Waals surface area contributed by atoms with Gasteiger partial charge in [-0.3, -0.25) is 14.4 Å². The van der Waals surface area contributed by atoms with E-state index in [-0.39, 0.29) is 36.1 Å². The molecule has 0 aromatic heterocycles. The minimum Gasteiger partial charge on any atom is -0.354 e. The Hall–Kier alpha value is -5.27. The Labute approximate surface area is 296 Å². The van der Waals surface area contributed by atoms with Gasteiger partial charge in [0.2, 0.25) is 17.7 Å². The number of carbonyl (C=O) groups is 3. The number of likely N-dealkylation sites (N-methyl/N-ethyl adjacent to an activating group) is 1. The van der Waals surface area contributed by atoms with Crippen LogP contribution in [-0.2, 0) is 33.6 Å². The van der Waals surface area contributed by atoms with E-state index in [0.29, 0.717) is 19.4 Å². The summed E-state index contributed by atoms with van der Waals surface area (Å²) in [6.07, 6.45) is 9.51. The molecule has 50 heavy (non-hydrogen) atoms. The van der Waals surface area contributed by atoms with E-state index >= 15 is 0 Å². The van der Waals surface area contributed by atoms with Crippen LogP contribution in [-0.4, -0.2) is 58.7 Å². The van der Waals surface area contributed by atoms with Crippen LogP contribution in [0.4, 0.5) is 0 Å². The number of amides is 3. The lowest BCUT2D eigenvalue weighted by atomic mass is 9.75. The van der Waals surface area contributed by atoms with Crippen LogP contribution in [0.1, 0.15) is 42.4 Å². The number of nitrogens with zero attached hydrogens (tertiary/aromatic N) is 2. The predicted molar refractivity (Wildman–Crippen MR) is 201 cm³/mol. The molecule has 4 aromatic carbocycles. The van der Waals surface area contributed by atoms with Crippen molar-refractivity contribution in [2.75, 3.05) is 13.6 Å². The third-order valence-corrected chi connectivity index (χ3v) is 9.64. The summed E-state index contributed by atoms with van der Waals surface area (Å²) in [5.74, 6) is -0.973. The average Bonchev–Trinajstić information content (AvgIpc) is 3.14. The first-order valence-electron chi connectivity index (χ1n) is 17.4. The summed E-state index contributed by atoms with van der Waals surface area (Å²) in [4.78, 5) is 45.1. The molecule has 1 saturated carbocycles. The molecule has 0 aliphatic heterocycles. The molecule has 3 N–H and O–H groups in total. The van der Waals surface area contributed by atoms with Crippen LogP contribution in [0.25, 0.3) is 11.1 Å². The van der Waals surface area contributed by atoms with Gasteiger partial charge in [0.05, 0.1) is 0 Å². The standard InChI is InChI=1S/C43H48N4O3/c1-3-47(38(31-34-17-9-5-10-18-34)41(49)45-30-26-33-15-7-4-8-16-33)42(50)39(46(2)40(48)21-13-27-43(44)28-14-29-43)32-35-22-24-37(25-23-35)36-19-11-6-12-20-36/h3-13,15-25,38-39H,1,14,26-32,44H2,2H3,(H,45,49)/b21-13+/t38-,39-/m1/s1. The minimum atomic E-state index is -0.904. The highest BCUT2D eigenvalue weighted by Gasteiger charge is 2.36. The molecular formula is C43H48N4O3. The number of hydrogen-bond donors (Lipinski definition) is 2. The van der Waals surface area contributed by atoms with Gasteiger partial charge in [-0.05, 0) is 66.0 Å². The van der Waals surface area contributed by atoms with Gasteiger partial charge in [0.15, 0.2) is 0 Å². The molecule has 0 radical (unpaired) electrons. The minimum absolute atomic E-state index is 0.253. The van der Waals surface area contributed by atoms with E-state index in [1.54, 1.807) is 7.05 Å². The molecule has 5 rings (SSSR count). The molecule has 3 amide bonds. The topological polar surface area (TPSA) is 95.7 Å². The van der Waals surface area contributed by atoms with Gasteiger partial charge in [0.25, 0.3) is 0 Å². The van der Waals surface area contributed by atoms with Crippen molar-refractivity contribution in [3.63, 3.8) is 0 Å². The molecule has 258 valence electrons. The maximum Gasteiger partial charge on any atom is 0.250 e. The molecule has 7 heteroatoms. The number of nitrogens with two attached hydrogens (primary N) is 1. The average molecular weight is 669 g/mol. The van der Waals surface area contributed by atoms with Crippen LogP contribution < -0.4 is 11.1 Å². The second-order valence-corrected chi connectivity index (χ2v) is 13.2. The maximum absolute atomic E-state index is 14.7. The Balaban J connectivity index is 1.40. The smallest absolute Gasteiger partial charge is 0.250 e. The predicted octanol–water partition coefficient (Wildman–Crippen LogP) is 6.49. The van der Waals surface area contributed by atoms with Crippen molar-refractivity contribution < 1.29 is 14.4 Å². The fourth-order valence-corrected chi connectivity index (χ4v) is 6.37. The van der Waals surface area contributed by atoms with Gasteiger partial charge in [-0.25, -0.2) is 0 Å². The first kappa shape index (κ1) is 36.0. The molecule has 1 fully saturated rings. The van der Waals surface area contributed by atoms with Gasteiger partial charge in [-0.15, -0.1) is 0 Å². The van der Waals surface area contributed by atoms with Gasteiger partial charge in [-0.1, -0.05) is 128 Å². The molecule has 0 spiro atoms.